The summed E-state index contributed by atoms with van der Waals surface area (Å²) in [5.74, 6) is -1.03. The maximum absolute atomic E-state index is 10.7. The standard InChI is InChI=1S/C12H14N2O2/c1-7-3-9(6-13)4-10(8(7)2)5-11(14)12(15)16/h3-4,11H,5,14H2,1-2H3,(H,15,16). The van der Waals surface area contributed by atoms with E-state index in [1.165, 1.54) is 0 Å². The quantitative estimate of drug-likeness (QED) is 0.796. The number of aryl methyl sites for hydroxylation is 1. The summed E-state index contributed by atoms with van der Waals surface area (Å²) in [4.78, 5) is 10.7. The minimum atomic E-state index is -1.03. The van der Waals surface area contributed by atoms with Gasteiger partial charge in [-0.25, -0.2) is 0 Å². The summed E-state index contributed by atoms with van der Waals surface area (Å²) in [5.41, 5.74) is 8.81. The molecule has 16 heavy (non-hydrogen) atoms. The van der Waals surface area contributed by atoms with Crippen molar-refractivity contribution in [3.8, 4) is 6.07 Å². The first kappa shape index (κ1) is 12.2. The molecule has 1 aromatic carbocycles. The Kier molecular flexibility index (Phi) is 3.64. The molecular formula is C12H14N2O2. The van der Waals surface area contributed by atoms with Crippen LogP contribution in [0, 0.1) is 25.2 Å². The summed E-state index contributed by atoms with van der Waals surface area (Å²) in [6.45, 7) is 3.80. The van der Waals surface area contributed by atoms with Crippen molar-refractivity contribution in [2.45, 2.75) is 26.3 Å². The van der Waals surface area contributed by atoms with Gasteiger partial charge < -0.3 is 10.8 Å². The molecule has 0 bridgehead atoms. The fourth-order valence-electron chi connectivity index (χ4n) is 1.53. The van der Waals surface area contributed by atoms with Gasteiger partial charge >= 0.3 is 5.97 Å². The average molecular weight is 218 g/mol. The smallest absolute Gasteiger partial charge is 0.320 e. The van der Waals surface area contributed by atoms with Gasteiger partial charge in [0.2, 0.25) is 0 Å². The van der Waals surface area contributed by atoms with Crippen molar-refractivity contribution in [1.82, 2.24) is 0 Å². The molecule has 1 atom stereocenters. The third-order valence-corrected chi connectivity index (χ3v) is 2.66. The SMILES string of the molecule is Cc1cc(C#N)cc(CC(N)C(=O)O)c1C. The number of benzene rings is 1. The largest absolute Gasteiger partial charge is 0.480 e. The zero-order valence-electron chi connectivity index (χ0n) is 9.32. The number of carboxylic acid groups (broad SMARTS) is 1. The van der Waals surface area contributed by atoms with Crippen LogP contribution in [-0.2, 0) is 11.2 Å². The minimum absolute atomic E-state index is 0.248. The Morgan fingerprint density at radius 1 is 1.56 bits per heavy atom. The van der Waals surface area contributed by atoms with Gasteiger partial charge in [0.25, 0.3) is 0 Å². The fourth-order valence-corrected chi connectivity index (χ4v) is 1.53. The Labute approximate surface area is 94.3 Å². The molecule has 0 amide bonds. The van der Waals surface area contributed by atoms with Crippen LogP contribution in [0.1, 0.15) is 22.3 Å². The van der Waals surface area contributed by atoms with Crippen LogP contribution < -0.4 is 5.73 Å². The Bertz CT molecular complexity index is 461. The predicted octanol–water partition coefficient (Wildman–Crippen LogP) is 1.13. The number of hydrogen-bond acceptors (Lipinski definition) is 3. The Balaban J connectivity index is 3.09. The molecule has 0 fully saturated rings. The first-order valence-corrected chi connectivity index (χ1v) is 4.94. The lowest BCUT2D eigenvalue weighted by Gasteiger charge is -2.12. The van der Waals surface area contributed by atoms with Gasteiger partial charge in [-0.2, -0.15) is 5.26 Å². The van der Waals surface area contributed by atoms with E-state index >= 15 is 0 Å². The summed E-state index contributed by atoms with van der Waals surface area (Å²) in [6, 6.07) is 4.61. The topological polar surface area (TPSA) is 87.1 Å². The highest BCUT2D eigenvalue weighted by Gasteiger charge is 2.14. The molecule has 0 aliphatic heterocycles. The van der Waals surface area contributed by atoms with Gasteiger partial charge in [-0.3, -0.25) is 4.79 Å². The molecule has 0 aromatic heterocycles. The molecule has 1 rings (SSSR count). The molecule has 4 nitrogen and oxygen atoms in total. The maximum atomic E-state index is 10.7. The van der Waals surface area contributed by atoms with Crippen LogP contribution in [0.2, 0.25) is 0 Å². The highest BCUT2D eigenvalue weighted by Crippen LogP contribution is 2.17. The molecule has 0 saturated carbocycles. The summed E-state index contributed by atoms with van der Waals surface area (Å²) >= 11 is 0. The second-order valence-electron chi connectivity index (χ2n) is 3.84. The van der Waals surface area contributed by atoms with E-state index < -0.39 is 12.0 Å². The van der Waals surface area contributed by atoms with Crippen LogP contribution >= 0.6 is 0 Å². The van der Waals surface area contributed by atoms with Crippen LogP contribution in [0.4, 0.5) is 0 Å². The number of hydrogen-bond donors (Lipinski definition) is 2. The summed E-state index contributed by atoms with van der Waals surface area (Å²) < 4.78 is 0. The zero-order chi connectivity index (χ0) is 12.3. The molecule has 1 unspecified atom stereocenters. The highest BCUT2D eigenvalue weighted by atomic mass is 16.4. The molecule has 4 heteroatoms. The summed E-state index contributed by atoms with van der Waals surface area (Å²) in [6.07, 6.45) is 0.248. The fraction of sp³-hybridized carbons (Fsp3) is 0.333. The average Bonchev–Trinajstić information content (AvgIpc) is 2.24. The number of aliphatic carboxylic acids is 1. The van der Waals surface area contributed by atoms with Crippen molar-refractivity contribution in [1.29, 1.82) is 5.26 Å². The zero-order valence-corrected chi connectivity index (χ0v) is 9.32. The monoisotopic (exact) mass is 218 g/mol. The van der Waals surface area contributed by atoms with Crippen LogP contribution in [0.3, 0.4) is 0 Å². The van der Waals surface area contributed by atoms with Crippen molar-refractivity contribution >= 4 is 5.97 Å². The number of rotatable bonds is 3. The summed E-state index contributed by atoms with van der Waals surface area (Å²) in [7, 11) is 0. The second-order valence-corrected chi connectivity index (χ2v) is 3.84. The van der Waals surface area contributed by atoms with E-state index in [0.717, 1.165) is 16.7 Å². The van der Waals surface area contributed by atoms with Gasteiger partial charge in [0, 0.05) is 0 Å². The Hall–Kier alpha value is -1.86. The maximum Gasteiger partial charge on any atom is 0.320 e. The molecule has 0 aliphatic carbocycles. The van der Waals surface area contributed by atoms with Crippen LogP contribution in [-0.4, -0.2) is 17.1 Å². The van der Waals surface area contributed by atoms with E-state index in [-0.39, 0.29) is 6.42 Å². The van der Waals surface area contributed by atoms with Gasteiger partial charge in [-0.05, 0) is 49.1 Å². The molecule has 1 aromatic rings. The second kappa shape index (κ2) is 4.77. The molecular weight excluding hydrogens is 204 g/mol. The van der Waals surface area contributed by atoms with Gasteiger partial charge in [-0.1, -0.05) is 0 Å². The molecule has 84 valence electrons. The first-order valence-electron chi connectivity index (χ1n) is 4.94. The van der Waals surface area contributed by atoms with Gasteiger partial charge in [0.1, 0.15) is 6.04 Å². The van der Waals surface area contributed by atoms with Crippen LogP contribution in [0.25, 0.3) is 0 Å². The molecule has 0 aliphatic rings. The third-order valence-electron chi connectivity index (χ3n) is 2.66. The Morgan fingerprint density at radius 2 is 2.19 bits per heavy atom. The van der Waals surface area contributed by atoms with Crippen molar-refractivity contribution in [3.05, 3.63) is 34.4 Å². The van der Waals surface area contributed by atoms with E-state index in [2.05, 4.69) is 0 Å². The van der Waals surface area contributed by atoms with Crippen molar-refractivity contribution in [2.75, 3.05) is 0 Å². The lowest BCUT2D eigenvalue weighted by molar-refractivity contribution is -0.138. The predicted molar refractivity (Wildman–Crippen MR) is 59.9 cm³/mol. The van der Waals surface area contributed by atoms with E-state index in [0.29, 0.717) is 5.56 Å². The number of nitriles is 1. The van der Waals surface area contributed by atoms with E-state index in [9.17, 15) is 4.79 Å². The molecule has 0 spiro atoms. The van der Waals surface area contributed by atoms with Crippen molar-refractivity contribution < 1.29 is 9.90 Å². The van der Waals surface area contributed by atoms with Gasteiger partial charge in [-0.15, -0.1) is 0 Å². The van der Waals surface area contributed by atoms with Crippen LogP contribution in [0.15, 0.2) is 12.1 Å². The Morgan fingerprint density at radius 3 is 2.69 bits per heavy atom. The van der Waals surface area contributed by atoms with Gasteiger partial charge in [0.15, 0.2) is 0 Å². The van der Waals surface area contributed by atoms with Crippen molar-refractivity contribution in [2.24, 2.45) is 5.73 Å². The third kappa shape index (κ3) is 2.59. The first-order chi connectivity index (χ1) is 7.45. The van der Waals surface area contributed by atoms with E-state index in [1.54, 1.807) is 12.1 Å². The normalized spacial score (nSPS) is 11.9. The lowest BCUT2D eigenvalue weighted by Crippen LogP contribution is -2.32. The number of nitrogens with two attached hydrogens (primary N) is 1. The molecule has 0 saturated heterocycles. The van der Waals surface area contributed by atoms with Crippen molar-refractivity contribution in [3.63, 3.8) is 0 Å². The van der Waals surface area contributed by atoms with Crippen LogP contribution in [0.5, 0.6) is 0 Å². The lowest BCUT2D eigenvalue weighted by atomic mass is 9.95. The minimum Gasteiger partial charge on any atom is -0.480 e. The number of nitrogens with zero attached hydrogens (tertiary/aromatic N) is 1. The molecule has 3 N–H and O–H groups in total. The van der Waals surface area contributed by atoms with Gasteiger partial charge in [0.05, 0.1) is 11.6 Å². The summed E-state index contributed by atoms with van der Waals surface area (Å²) in [5, 5.41) is 17.6. The molecule has 0 radical (unpaired) electrons. The van der Waals surface area contributed by atoms with E-state index in [4.69, 9.17) is 16.1 Å². The number of carboxylic acids is 1. The molecule has 0 heterocycles. The highest BCUT2D eigenvalue weighted by molar-refractivity contribution is 5.73. The van der Waals surface area contributed by atoms with E-state index in [1.807, 2.05) is 19.9 Å². The number of carbonyl (C=O) groups is 1.